The minimum atomic E-state index is -4.99. The van der Waals surface area contributed by atoms with Gasteiger partial charge in [0.2, 0.25) is 0 Å². The summed E-state index contributed by atoms with van der Waals surface area (Å²) in [6.45, 7) is 1.05. The average molecular weight is 562 g/mol. The molecule has 0 radical (unpaired) electrons. The van der Waals surface area contributed by atoms with Gasteiger partial charge >= 0.3 is 18.4 Å². The minimum absolute atomic E-state index is 0.0136. The number of rotatable bonds is 7. The molecule has 0 spiro atoms. The summed E-state index contributed by atoms with van der Waals surface area (Å²) in [7, 11) is 0. The molecule has 10 heteroatoms. The maximum Gasteiger partial charge on any atom is 0.416 e. The van der Waals surface area contributed by atoms with Crippen molar-refractivity contribution in [1.82, 2.24) is 4.90 Å². The zero-order valence-corrected chi connectivity index (χ0v) is 21.2. The molecule has 4 rings (SSSR count). The van der Waals surface area contributed by atoms with Gasteiger partial charge in [-0.1, -0.05) is 72.8 Å². The van der Waals surface area contributed by atoms with E-state index in [2.05, 4.69) is 0 Å². The molecular formula is C30H25F6NO3. The fourth-order valence-corrected chi connectivity index (χ4v) is 4.30. The molecule has 1 amide bonds. The molecular weight excluding hydrogens is 536 g/mol. The Hall–Kier alpha value is -4.05. The summed E-state index contributed by atoms with van der Waals surface area (Å²) in [4.78, 5) is 14.6. The van der Waals surface area contributed by atoms with Crippen molar-refractivity contribution in [3.05, 3.63) is 131 Å². The van der Waals surface area contributed by atoms with Gasteiger partial charge in [0.15, 0.2) is 0 Å². The first-order valence-electron chi connectivity index (χ1n) is 12.2. The number of carbonyl (C=O) groups is 1. The van der Waals surface area contributed by atoms with Crippen LogP contribution in [-0.2, 0) is 34.0 Å². The summed E-state index contributed by atoms with van der Waals surface area (Å²) in [6.07, 6.45) is -5.44. The van der Waals surface area contributed by atoms with Crippen LogP contribution in [0.4, 0.5) is 31.1 Å². The van der Waals surface area contributed by atoms with Gasteiger partial charge in [-0.2, -0.15) is 26.3 Å². The van der Waals surface area contributed by atoms with Gasteiger partial charge < -0.3 is 9.47 Å². The summed E-state index contributed by atoms with van der Waals surface area (Å²) in [6, 6.07) is 19.1. The normalized spacial score (nSPS) is 18.0. The molecule has 210 valence electrons. The van der Waals surface area contributed by atoms with Crippen LogP contribution < -0.4 is 0 Å². The van der Waals surface area contributed by atoms with Crippen LogP contribution in [0.25, 0.3) is 0 Å². The highest BCUT2D eigenvalue weighted by molar-refractivity contribution is 5.72. The van der Waals surface area contributed by atoms with E-state index in [0.29, 0.717) is 17.7 Å². The Labute approximate surface area is 227 Å². The Bertz CT molecular complexity index is 1340. The third kappa shape index (κ3) is 6.56. The molecule has 1 heterocycles. The number of alkyl halides is 6. The molecule has 0 saturated carbocycles. The van der Waals surface area contributed by atoms with Crippen molar-refractivity contribution in [2.75, 3.05) is 6.61 Å². The molecule has 0 N–H and O–H groups in total. The van der Waals surface area contributed by atoms with Gasteiger partial charge in [0.1, 0.15) is 12.1 Å². The maximum absolute atomic E-state index is 13.4. The van der Waals surface area contributed by atoms with Crippen LogP contribution >= 0.6 is 0 Å². The average Bonchev–Trinajstić information content (AvgIpc) is 2.94. The number of carbonyl (C=O) groups excluding carboxylic acids is 1. The molecule has 40 heavy (non-hydrogen) atoms. The smallest absolute Gasteiger partial charge is 0.416 e. The second-order valence-electron chi connectivity index (χ2n) is 9.19. The number of nitrogens with zero attached hydrogens (tertiary/aromatic N) is 1. The molecule has 0 unspecified atom stereocenters. The Kier molecular flexibility index (Phi) is 8.39. The van der Waals surface area contributed by atoms with E-state index in [-0.39, 0.29) is 24.8 Å². The van der Waals surface area contributed by atoms with Gasteiger partial charge in [0.05, 0.1) is 23.8 Å². The van der Waals surface area contributed by atoms with Gasteiger partial charge in [-0.3, -0.25) is 4.90 Å². The van der Waals surface area contributed by atoms with E-state index < -0.39 is 41.2 Å². The molecule has 0 bridgehead atoms. The van der Waals surface area contributed by atoms with E-state index in [1.807, 2.05) is 6.07 Å². The second kappa shape index (κ2) is 11.6. The van der Waals surface area contributed by atoms with Crippen LogP contribution in [0.3, 0.4) is 0 Å². The molecule has 1 aliphatic heterocycles. The van der Waals surface area contributed by atoms with Gasteiger partial charge in [-0.05, 0) is 47.9 Å². The van der Waals surface area contributed by atoms with E-state index >= 15 is 0 Å². The lowest BCUT2D eigenvalue weighted by Crippen LogP contribution is -2.49. The van der Waals surface area contributed by atoms with E-state index in [4.69, 9.17) is 9.47 Å². The largest absolute Gasteiger partial charge is 0.444 e. The molecule has 1 aliphatic rings. The Morgan fingerprint density at radius 2 is 1.43 bits per heavy atom. The van der Waals surface area contributed by atoms with Crippen molar-refractivity contribution < 1.29 is 40.6 Å². The lowest BCUT2D eigenvalue weighted by molar-refractivity contribution is -0.143. The summed E-state index contributed by atoms with van der Waals surface area (Å²) in [5.74, 6) is 0. The van der Waals surface area contributed by atoms with Crippen LogP contribution in [0.15, 0.2) is 103 Å². The fourth-order valence-electron chi connectivity index (χ4n) is 4.30. The first-order valence-corrected chi connectivity index (χ1v) is 12.2. The number of ether oxygens (including phenoxy) is 2. The molecule has 4 nitrogen and oxygen atoms in total. The topological polar surface area (TPSA) is 38.8 Å². The number of amides is 1. The van der Waals surface area contributed by atoms with Crippen LogP contribution in [0.1, 0.15) is 40.8 Å². The van der Waals surface area contributed by atoms with E-state index in [0.717, 1.165) is 5.56 Å². The summed E-state index contributed by atoms with van der Waals surface area (Å²) >= 11 is 0. The molecule has 0 aromatic heterocycles. The molecule has 0 saturated heterocycles. The first kappa shape index (κ1) is 28.9. The lowest BCUT2D eigenvalue weighted by Gasteiger charge is -2.41. The molecule has 0 fully saturated rings. The molecule has 3 aromatic carbocycles. The number of hydrogen-bond acceptors (Lipinski definition) is 3. The Morgan fingerprint density at radius 3 is 2.00 bits per heavy atom. The van der Waals surface area contributed by atoms with Crippen molar-refractivity contribution in [3.8, 4) is 0 Å². The molecule has 2 atom stereocenters. The Balaban J connectivity index is 1.64. The van der Waals surface area contributed by atoms with Crippen molar-refractivity contribution in [2.24, 2.45) is 0 Å². The van der Waals surface area contributed by atoms with Crippen molar-refractivity contribution in [1.29, 1.82) is 0 Å². The van der Waals surface area contributed by atoms with Crippen LogP contribution in [0.2, 0.25) is 0 Å². The highest BCUT2D eigenvalue weighted by atomic mass is 19.4. The zero-order valence-electron chi connectivity index (χ0n) is 21.2. The third-order valence-electron chi connectivity index (χ3n) is 6.46. The first-order chi connectivity index (χ1) is 18.9. The summed E-state index contributed by atoms with van der Waals surface area (Å²) in [5, 5.41) is 0. The lowest BCUT2D eigenvalue weighted by atomic mass is 9.87. The van der Waals surface area contributed by atoms with Gasteiger partial charge in [0, 0.05) is 6.20 Å². The van der Waals surface area contributed by atoms with Crippen molar-refractivity contribution in [2.45, 2.75) is 37.5 Å². The summed E-state index contributed by atoms with van der Waals surface area (Å²) < 4.78 is 91.9. The predicted octanol–water partition coefficient (Wildman–Crippen LogP) is 8.42. The van der Waals surface area contributed by atoms with Gasteiger partial charge in [-0.15, -0.1) is 0 Å². The standard InChI is InChI=1S/C30H25F6NO3/c1-21(23-16-25(29(31,32)33)18-26(17-23)30(34,35)36)40-20-28(24-12-6-3-7-13-24)14-8-9-15-37(28)27(38)39-19-22-10-4-2-5-11-22/h2-18,21H,19-20H2,1H3/t21-,28-/m1/s1. The molecule has 0 aliphatic carbocycles. The minimum Gasteiger partial charge on any atom is -0.444 e. The summed E-state index contributed by atoms with van der Waals surface area (Å²) in [5.41, 5.74) is -3.12. The predicted molar refractivity (Wildman–Crippen MR) is 136 cm³/mol. The van der Waals surface area contributed by atoms with Gasteiger partial charge in [0.25, 0.3) is 0 Å². The highest BCUT2D eigenvalue weighted by Crippen LogP contribution is 2.39. The van der Waals surface area contributed by atoms with Crippen LogP contribution in [-0.4, -0.2) is 17.6 Å². The second-order valence-corrected chi connectivity index (χ2v) is 9.19. The third-order valence-corrected chi connectivity index (χ3v) is 6.46. The maximum atomic E-state index is 13.4. The highest BCUT2D eigenvalue weighted by Gasteiger charge is 2.42. The number of halogens is 6. The van der Waals surface area contributed by atoms with Crippen molar-refractivity contribution >= 4 is 6.09 Å². The van der Waals surface area contributed by atoms with Crippen molar-refractivity contribution in [3.63, 3.8) is 0 Å². The van der Waals surface area contributed by atoms with E-state index in [1.165, 1.54) is 18.0 Å². The van der Waals surface area contributed by atoms with Crippen LogP contribution in [0, 0.1) is 0 Å². The van der Waals surface area contributed by atoms with E-state index in [1.54, 1.807) is 72.8 Å². The van der Waals surface area contributed by atoms with E-state index in [9.17, 15) is 31.1 Å². The number of hydrogen-bond donors (Lipinski definition) is 0. The molecule has 3 aromatic rings. The monoisotopic (exact) mass is 561 g/mol. The zero-order chi connectivity index (χ0) is 29.0. The van der Waals surface area contributed by atoms with Crippen LogP contribution in [0.5, 0.6) is 0 Å². The van der Waals surface area contributed by atoms with Gasteiger partial charge in [-0.25, -0.2) is 4.79 Å². The quantitative estimate of drug-likeness (QED) is 0.272. The Morgan fingerprint density at radius 1 is 0.850 bits per heavy atom. The number of benzene rings is 3. The SMILES string of the molecule is C[C@@H](OC[C@@]1(c2ccccc2)C=CC=CN1C(=O)OCc1ccccc1)c1cc(C(F)(F)F)cc(C(F)(F)F)c1. The number of allylic oxidation sites excluding steroid dienone is 2. The fraction of sp³-hybridized carbons (Fsp3) is 0.233.